The number of aliphatic hydroxyl groups is 1. The fourth-order valence-corrected chi connectivity index (χ4v) is 1.81. The fourth-order valence-electron chi connectivity index (χ4n) is 1.81. The van der Waals surface area contributed by atoms with Gasteiger partial charge in [-0.3, -0.25) is 0 Å². The van der Waals surface area contributed by atoms with E-state index in [0.29, 0.717) is 13.0 Å². The lowest BCUT2D eigenvalue weighted by Crippen LogP contribution is -2.47. The Hall–Kier alpha value is -0.840. The van der Waals surface area contributed by atoms with Gasteiger partial charge in [0, 0.05) is 23.8 Å². The van der Waals surface area contributed by atoms with Crippen molar-refractivity contribution in [2.75, 3.05) is 13.2 Å². The van der Waals surface area contributed by atoms with E-state index in [0.717, 1.165) is 12.1 Å². The molecule has 14 heavy (non-hydrogen) atoms. The van der Waals surface area contributed by atoms with E-state index in [1.807, 2.05) is 12.2 Å². The van der Waals surface area contributed by atoms with Gasteiger partial charge in [-0.2, -0.15) is 0 Å². The molecule has 0 aromatic heterocycles. The highest BCUT2D eigenvalue weighted by Crippen LogP contribution is 2.28. The molecule has 0 aliphatic heterocycles. The third kappa shape index (κ3) is 2.35. The van der Waals surface area contributed by atoms with Gasteiger partial charge in [-0.05, 0) is 25.5 Å². The van der Waals surface area contributed by atoms with Gasteiger partial charge in [0.25, 0.3) is 0 Å². The van der Waals surface area contributed by atoms with Crippen molar-refractivity contribution in [3.63, 3.8) is 0 Å². The molecule has 0 saturated carbocycles. The van der Waals surface area contributed by atoms with E-state index in [2.05, 4.69) is 0 Å². The highest BCUT2D eigenvalue weighted by atomic mass is 16.3. The van der Waals surface area contributed by atoms with Crippen LogP contribution in [0.4, 0.5) is 0 Å². The first kappa shape index (κ1) is 11.2. The van der Waals surface area contributed by atoms with E-state index < -0.39 is 5.54 Å². The summed E-state index contributed by atoms with van der Waals surface area (Å²) >= 11 is 0. The molecular formula is C10H19N3O. The molecule has 1 aliphatic carbocycles. The van der Waals surface area contributed by atoms with Gasteiger partial charge in [0.1, 0.15) is 0 Å². The molecule has 7 N–H and O–H groups in total. The lowest BCUT2D eigenvalue weighted by atomic mass is 9.77. The van der Waals surface area contributed by atoms with Crippen molar-refractivity contribution in [1.29, 1.82) is 0 Å². The first-order valence-electron chi connectivity index (χ1n) is 4.88. The summed E-state index contributed by atoms with van der Waals surface area (Å²) in [5.74, 6) is 0.129. The van der Waals surface area contributed by atoms with E-state index in [9.17, 15) is 0 Å². The minimum Gasteiger partial charge on any atom is -0.399 e. The number of hydrogen-bond donors (Lipinski definition) is 4. The Morgan fingerprint density at radius 1 is 1.50 bits per heavy atom. The van der Waals surface area contributed by atoms with Crippen molar-refractivity contribution in [2.45, 2.75) is 18.4 Å². The van der Waals surface area contributed by atoms with Crippen LogP contribution in [0.5, 0.6) is 0 Å². The standard InChI is InChI=1S/C10H19N3O/c11-5-2-8-7-9(12)1-3-10(8,13)4-6-14/h1,3,7-8,14H,2,4-6,11-13H2. The van der Waals surface area contributed by atoms with E-state index in [-0.39, 0.29) is 12.5 Å². The van der Waals surface area contributed by atoms with Gasteiger partial charge in [0.2, 0.25) is 0 Å². The lowest BCUT2D eigenvalue weighted by molar-refractivity contribution is 0.230. The average molecular weight is 197 g/mol. The van der Waals surface area contributed by atoms with Crippen LogP contribution in [0.2, 0.25) is 0 Å². The summed E-state index contributed by atoms with van der Waals surface area (Å²) in [6.45, 7) is 0.655. The van der Waals surface area contributed by atoms with Gasteiger partial charge in [0.05, 0.1) is 0 Å². The number of allylic oxidation sites excluding steroid dienone is 1. The zero-order valence-electron chi connectivity index (χ0n) is 8.32. The van der Waals surface area contributed by atoms with Crippen LogP contribution in [-0.4, -0.2) is 23.8 Å². The van der Waals surface area contributed by atoms with E-state index in [1.54, 1.807) is 6.08 Å². The number of rotatable bonds is 4. The normalized spacial score (nSPS) is 31.6. The van der Waals surface area contributed by atoms with E-state index in [1.165, 1.54) is 0 Å². The van der Waals surface area contributed by atoms with Gasteiger partial charge in [-0.15, -0.1) is 0 Å². The van der Waals surface area contributed by atoms with Gasteiger partial charge in [-0.25, -0.2) is 0 Å². The van der Waals surface area contributed by atoms with Crippen molar-refractivity contribution in [2.24, 2.45) is 23.1 Å². The van der Waals surface area contributed by atoms with Crippen molar-refractivity contribution >= 4 is 0 Å². The van der Waals surface area contributed by atoms with Crippen LogP contribution in [0.3, 0.4) is 0 Å². The highest BCUT2D eigenvalue weighted by molar-refractivity contribution is 5.29. The second kappa shape index (κ2) is 4.59. The quantitative estimate of drug-likeness (QED) is 0.485. The molecule has 0 saturated heterocycles. The van der Waals surface area contributed by atoms with Crippen LogP contribution < -0.4 is 17.2 Å². The summed E-state index contributed by atoms with van der Waals surface area (Å²) in [4.78, 5) is 0. The van der Waals surface area contributed by atoms with E-state index >= 15 is 0 Å². The first-order valence-corrected chi connectivity index (χ1v) is 4.88. The SMILES string of the molecule is NCCC1C=C(N)C=CC1(N)CCO. The first-order chi connectivity index (χ1) is 6.62. The molecule has 0 radical (unpaired) electrons. The summed E-state index contributed by atoms with van der Waals surface area (Å²) in [6.07, 6.45) is 6.93. The molecule has 4 heteroatoms. The minimum absolute atomic E-state index is 0.0790. The molecule has 0 amide bonds. The van der Waals surface area contributed by atoms with Crippen molar-refractivity contribution in [3.8, 4) is 0 Å². The van der Waals surface area contributed by atoms with Crippen LogP contribution in [0.25, 0.3) is 0 Å². The molecule has 0 bridgehead atoms. The zero-order chi connectivity index (χ0) is 10.6. The molecule has 1 aliphatic rings. The van der Waals surface area contributed by atoms with Crippen molar-refractivity contribution in [3.05, 3.63) is 23.9 Å². The van der Waals surface area contributed by atoms with Crippen LogP contribution in [0.15, 0.2) is 23.9 Å². The molecular weight excluding hydrogens is 178 g/mol. The second-order valence-corrected chi connectivity index (χ2v) is 3.77. The maximum Gasteiger partial charge on any atom is 0.0451 e. The smallest absolute Gasteiger partial charge is 0.0451 e. The molecule has 1 rings (SSSR count). The van der Waals surface area contributed by atoms with Crippen LogP contribution in [0, 0.1) is 5.92 Å². The Bertz CT molecular complexity index is 250. The van der Waals surface area contributed by atoms with Crippen LogP contribution in [-0.2, 0) is 0 Å². The predicted molar refractivity (Wildman–Crippen MR) is 57.2 cm³/mol. The molecule has 4 nitrogen and oxygen atoms in total. The number of aliphatic hydroxyl groups excluding tert-OH is 1. The summed E-state index contributed by atoms with van der Waals surface area (Å²) in [5.41, 5.74) is 17.6. The third-order valence-electron chi connectivity index (χ3n) is 2.69. The number of nitrogens with two attached hydrogens (primary N) is 3. The van der Waals surface area contributed by atoms with Crippen molar-refractivity contribution < 1.29 is 5.11 Å². The second-order valence-electron chi connectivity index (χ2n) is 3.77. The molecule has 2 atom stereocenters. The predicted octanol–water partition coefficient (Wildman–Crippen LogP) is -0.556. The largest absolute Gasteiger partial charge is 0.399 e. The van der Waals surface area contributed by atoms with Gasteiger partial charge < -0.3 is 22.3 Å². The summed E-state index contributed by atoms with van der Waals surface area (Å²) in [7, 11) is 0. The molecule has 0 spiro atoms. The molecule has 0 aromatic rings. The average Bonchev–Trinajstić information content (AvgIpc) is 2.13. The van der Waals surface area contributed by atoms with Crippen LogP contribution in [0.1, 0.15) is 12.8 Å². The van der Waals surface area contributed by atoms with E-state index in [4.69, 9.17) is 22.3 Å². The monoisotopic (exact) mass is 197 g/mol. The third-order valence-corrected chi connectivity index (χ3v) is 2.69. The Morgan fingerprint density at radius 2 is 2.21 bits per heavy atom. The van der Waals surface area contributed by atoms with Gasteiger partial charge in [0.15, 0.2) is 0 Å². The maximum atomic E-state index is 8.94. The Labute approximate surface area is 84.5 Å². The Kier molecular flexibility index (Phi) is 3.69. The summed E-state index contributed by atoms with van der Waals surface area (Å²) in [5, 5.41) is 8.94. The lowest BCUT2D eigenvalue weighted by Gasteiger charge is -2.35. The molecule has 80 valence electrons. The Morgan fingerprint density at radius 3 is 2.79 bits per heavy atom. The minimum atomic E-state index is -0.489. The Balaban J connectivity index is 2.79. The topological polar surface area (TPSA) is 98.3 Å². The van der Waals surface area contributed by atoms with Gasteiger partial charge in [-0.1, -0.05) is 12.2 Å². The van der Waals surface area contributed by atoms with Crippen molar-refractivity contribution in [1.82, 2.24) is 0 Å². The highest BCUT2D eigenvalue weighted by Gasteiger charge is 2.31. The number of hydrogen-bond acceptors (Lipinski definition) is 4. The van der Waals surface area contributed by atoms with Gasteiger partial charge >= 0.3 is 0 Å². The summed E-state index contributed by atoms with van der Waals surface area (Å²) < 4.78 is 0. The summed E-state index contributed by atoms with van der Waals surface area (Å²) in [6, 6.07) is 0. The zero-order valence-corrected chi connectivity index (χ0v) is 8.32. The van der Waals surface area contributed by atoms with Crippen LogP contribution >= 0.6 is 0 Å². The molecule has 0 aromatic carbocycles. The molecule has 0 fully saturated rings. The molecule has 0 heterocycles. The molecule has 2 unspecified atom stereocenters. The fraction of sp³-hybridized carbons (Fsp3) is 0.600. The maximum absolute atomic E-state index is 8.94.